The highest BCUT2D eigenvalue weighted by Crippen LogP contribution is 2.11. The van der Waals surface area contributed by atoms with Gasteiger partial charge in [-0.3, -0.25) is 9.59 Å². The van der Waals surface area contributed by atoms with Crippen LogP contribution in [0.5, 0.6) is 0 Å². The fraction of sp³-hybridized carbons (Fsp3) is 0. The number of benzene rings is 2. The van der Waals surface area contributed by atoms with E-state index in [4.69, 9.17) is 11.6 Å². The lowest BCUT2D eigenvalue weighted by Crippen LogP contribution is -2.20. The normalized spacial score (nSPS) is 12.6. The maximum absolute atomic E-state index is 13.2. The predicted octanol–water partition coefficient (Wildman–Crippen LogP) is 2.86. The molecule has 2 aromatic carbocycles. The van der Waals surface area contributed by atoms with E-state index in [-0.39, 0.29) is 10.3 Å². The van der Waals surface area contributed by atoms with Gasteiger partial charge in [0.2, 0.25) is 0 Å². The summed E-state index contributed by atoms with van der Waals surface area (Å²) < 4.78 is 26.8. The largest absolute Gasteiger partial charge is 0.313 e. The van der Waals surface area contributed by atoms with E-state index in [1.54, 1.807) is 18.2 Å². The number of hydrogen-bond acceptors (Lipinski definition) is 3. The first-order valence-corrected chi connectivity index (χ1v) is 8.29. The quantitative estimate of drug-likeness (QED) is 0.713. The van der Waals surface area contributed by atoms with Gasteiger partial charge in [-0.15, -0.1) is 11.3 Å². The number of aromatic nitrogens is 1. The fourth-order valence-electron chi connectivity index (χ4n) is 2.12. The molecule has 0 radical (unpaired) electrons. The van der Waals surface area contributed by atoms with Gasteiger partial charge in [-0.05, 0) is 35.9 Å². The molecule has 126 valence electrons. The molecule has 0 aliphatic heterocycles. The van der Waals surface area contributed by atoms with E-state index in [0.29, 0.717) is 20.8 Å². The molecule has 3 rings (SSSR count). The van der Waals surface area contributed by atoms with Crippen LogP contribution >= 0.6 is 22.9 Å². The molecule has 3 aromatic rings. The van der Waals surface area contributed by atoms with Gasteiger partial charge >= 0.3 is 0 Å². The van der Waals surface area contributed by atoms with E-state index in [9.17, 15) is 18.4 Å². The Kier molecular flexibility index (Phi) is 4.92. The monoisotopic (exact) mass is 377 g/mol. The number of nitrogens with one attached hydrogen (secondary N) is 1. The summed E-state index contributed by atoms with van der Waals surface area (Å²) >= 11 is 6.89. The zero-order chi connectivity index (χ0) is 18.0. The number of hydrogen-bond donors (Lipinski definition) is 1. The molecule has 1 aromatic heterocycles. The molecular weight excluding hydrogens is 368 g/mol. The molecule has 7 heteroatoms. The third-order valence-electron chi connectivity index (χ3n) is 3.29. The molecule has 0 aliphatic rings. The Labute approximate surface area is 149 Å². The average molecular weight is 378 g/mol. The molecule has 1 N–H and O–H groups in total. The summed E-state index contributed by atoms with van der Waals surface area (Å²) in [4.78, 5) is 26.7. The van der Waals surface area contributed by atoms with Gasteiger partial charge in [0, 0.05) is 16.7 Å². The summed E-state index contributed by atoms with van der Waals surface area (Å²) in [6, 6.07) is 9.79. The molecule has 0 amide bonds. The van der Waals surface area contributed by atoms with Crippen LogP contribution in [0.1, 0.15) is 15.9 Å². The third kappa shape index (κ3) is 4.10. The first kappa shape index (κ1) is 17.3. The Morgan fingerprint density at radius 2 is 1.92 bits per heavy atom. The summed E-state index contributed by atoms with van der Waals surface area (Å²) in [6.45, 7) is 0. The smallest absolute Gasteiger partial charge is 0.266 e. The van der Waals surface area contributed by atoms with Crippen LogP contribution in [0.3, 0.4) is 0 Å². The summed E-state index contributed by atoms with van der Waals surface area (Å²) in [5, 5.41) is 0.436. The molecule has 0 atom stereocenters. The number of carbonyl (C=O) groups excluding carboxylic acids is 1. The molecule has 0 fully saturated rings. The van der Waals surface area contributed by atoms with Crippen LogP contribution in [-0.4, -0.2) is 10.8 Å². The standard InChI is InChI=1S/C18H10ClF2NO2S/c19-12-3-1-2-11(8-12)15(23)9-17-22-18(24)16(25-17)7-10-4-5-13(20)14(21)6-10/h1-9H,(H,22,24)/b16-7-,17-9-. The Bertz CT molecular complexity index is 1130. The second-order valence-electron chi connectivity index (χ2n) is 5.12. The molecule has 25 heavy (non-hydrogen) atoms. The fourth-order valence-corrected chi connectivity index (χ4v) is 3.20. The minimum absolute atomic E-state index is 0.274. The van der Waals surface area contributed by atoms with Gasteiger partial charge < -0.3 is 4.98 Å². The molecule has 0 spiro atoms. The van der Waals surface area contributed by atoms with Crippen molar-refractivity contribution < 1.29 is 13.6 Å². The highest BCUT2D eigenvalue weighted by atomic mass is 35.5. The first-order chi connectivity index (χ1) is 11.9. The highest BCUT2D eigenvalue weighted by Gasteiger charge is 2.05. The van der Waals surface area contributed by atoms with Gasteiger partial charge in [0.25, 0.3) is 5.56 Å². The van der Waals surface area contributed by atoms with Crippen molar-refractivity contribution in [3.8, 4) is 0 Å². The van der Waals surface area contributed by atoms with Crippen molar-refractivity contribution in [1.29, 1.82) is 0 Å². The molecule has 0 aliphatic carbocycles. The molecule has 0 unspecified atom stereocenters. The molecule has 1 heterocycles. The van der Waals surface area contributed by atoms with Crippen LogP contribution in [-0.2, 0) is 0 Å². The Balaban J connectivity index is 1.99. The molecule has 0 bridgehead atoms. The second kappa shape index (κ2) is 7.13. The van der Waals surface area contributed by atoms with Crippen LogP contribution in [0.2, 0.25) is 5.02 Å². The van der Waals surface area contributed by atoms with E-state index in [2.05, 4.69) is 4.98 Å². The van der Waals surface area contributed by atoms with Crippen molar-refractivity contribution in [1.82, 2.24) is 4.98 Å². The number of H-pyrrole nitrogens is 1. The Morgan fingerprint density at radius 1 is 1.12 bits per heavy atom. The van der Waals surface area contributed by atoms with E-state index in [1.165, 1.54) is 24.3 Å². The Hall–Kier alpha value is -2.57. The van der Waals surface area contributed by atoms with Gasteiger partial charge in [-0.25, -0.2) is 8.78 Å². The number of carbonyl (C=O) groups is 1. The number of Topliss-reactive ketones (excluding diaryl/α,β-unsaturated/α-hetero) is 1. The van der Waals surface area contributed by atoms with Crippen molar-refractivity contribution >= 4 is 40.9 Å². The van der Waals surface area contributed by atoms with Crippen molar-refractivity contribution in [2.75, 3.05) is 0 Å². The van der Waals surface area contributed by atoms with Gasteiger partial charge in [-0.2, -0.15) is 0 Å². The SMILES string of the molecule is O=C(/C=c1/[nH]c(=O)/c(=C/c2ccc(F)c(F)c2)s1)c1cccc(Cl)c1. The van der Waals surface area contributed by atoms with Crippen molar-refractivity contribution in [3.63, 3.8) is 0 Å². The zero-order valence-corrected chi connectivity index (χ0v) is 14.1. The van der Waals surface area contributed by atoms with Gasteiger partial charge in [0.05, 0.1) is 9.20 Å². The van der Waals surface area contributed by atoms with Crippen molar-refractivity contribution in [2.24, 2.45) is 0 Å². The van der Waals surface area contributed by atoms with Gasteiger partial charge in [0.1, 0.15) is 0 Å². The number of halogens is 3. The summed E-state index contributed by atoms with van der Waals surface area (Å²) in [6.07, 6.45) is 2.72. The number of thiazole rings is 1. The lowest BCUT2D eigenvalue weighted by molar-refractivity contribution is 0.106. The van der Waals surface area contributed by atoms with Gasteiger partial charge in [-0.1, -0.05) is 29.8 Å². The van der Waals surface area contributed by atoms with E-state index < -0.39 is 17.2 Å². The Morgan fingerprint density at radius 3 is 2.64 bits per heavy atom. The molecule has 3 nitrogen and oxygen atoms in total. The highest BCUT2D eigenvalue weighted by molar-refractivity contribution is 7.07. The van der Waals surface area contributed by atoms with Crippen LogP contribution in [0.4, 0.5) is 8.78 Å². The summed E-state index contributed by atoms with van der Waals surface area (Å²) in [7, 11) is 0. The lowest BCUT2D eigenvalue weighted by atomic mass is 10.1. The molecular formula is C18H10ClF2NO2S. The number of ketones is 1. The van der Waals surface area contributed by atoms with E-state index in [1.807, 2.05) is 0 Å². The minimum atomic E-state index is -0.996. The summed E-state index contributed by atoms with van der Waals surface area (Å²) in [5.41, 5.74) is 0.326. The summed E-state index contributed by atoms with van der Waals surface area (Å²) in [5.74, 6) is -2.26. The molecule has 0 saturated heterocycles. The second-order valence-corrected chi connectivity index (χ2v) is 6.64. The number of rotatable bonds is 3. The van der Waals surface area contributed by atoms with Crippen LogP contribution < -0.4 is 14.8 Å². The average Bonchev–Trinajstić information content (AvgIpc) is 2.90. The van der Waals surface area contributed by atoms with Crippen molar-refractivity contribution in [2.45, 2.75) is 0 Å². The van der Waals surface area contributed by atoms with Crippen LogP contribution in [0, 0.1) is 11.6 Å². The van der Waals surface area contributed by atoms with Gasteiger partial charge in [0.15, 0.2) is 17.4 Å². The van der Waals surface area contributed by atoms with E-state index in [0.717, 1.165) is 23.5 Å². The van der Waals surface area contributed by atoms with Crippen LogP contribution in [0.25, 0.3) is 12.2 Å². The predicted molar refractivity (Wildman–Crippen MR) is 94.4 cm³/mol. The maximum Gasteiger partial charge on any atom is 0.266 e. The first-order valence-electron chi connectivity index (χ1n) is 7.10. The van der Waals surface area contributed by atoms with Crippen molar-refractivity contribution in [3.05, 3.63) is 89.8 Å². The van der Waals surface area contributed by atoms with Crippen LogP contribution in [0.15, 0.2) is 47.3 Å². The molecule has 0 saturated carbocycles. The lowest BCUT2D eigenvalue weighted by Gasteiger charge is -1.95. The maximum atomic E-state index is 13.2. The zero-order valence-electron chi connectivity index (χ0n) is 12.6. The van der Waals surface area contributed by atoms with E-state index >= 15 is 0 Å². The number of aromatic amines is 1. The minimum Gasteiger partial charge on any atom is -0.313 e. The topological polar surface area (TPSA) is 49.9 Å². The third-order valence-corrected chi connectivity index (χ3v) is 4.49.